The number of rotatable bonds is 3. The van der Waals surface area contributed by atoms with Crippen molar-refractivity contribution >= 4 is 22.7 Å². The molecule has 2 aliphatic rings. The fourth-order valence-electron chi connectivity index (χ4n) is 5.17. The second-order valence-electron chi connectivity index (χ2n) is 9.19. The van der Waals surface area contributed by atoms with E-state index in [4.69, 9.17) is 4.98 Å². The summed E-state index contributed by atoms with van der Waals surface area (Å²) < 4.78 is 2.26. The van der Waals surface area contributed by atoms with Crippen LogP contribution in [0.1, 0.15) is 83.7 Å². The van der Waals surface area contributed by atoms with Gasteiger partial charge in [-0.25, -0.2) is 4.98 Å². The Balaban J connectivity index is 1.47. The van der Waals surface area contributed by atoms with Crippen LogP contribution in [0.5, 0.6) is 0 Å². The van der Waals surface area contributed by atoms with Crippen LogP contribution in [0.3, 0.4) is 0 Å². The van der Waals surface area contributed by atoms with Gasteiger partial charge in [-0.1, -0.05) is 12.1 Å². The Morgan fingerprint density at radius 3 is 2.78 bits per heavy atom. The number of likely N-dealkylation sites (tertiary alicyclic amines) is 1. The summed E-state index contributed by atoms with van der Waals surface area (Å²) in [6.07, 6.45) is 3.66. The summed E-state index contributed by atoms with van der Waals surface area (Å²) in [5.74, 6) is 0.789. The smallest absolute Gasteiger partial charge is 0.261 e. The van der Waals surface area contributed by atoms with Gasteiger partial charge >= 0.3 is 0 Å². The standard InChI is InChI=1S/C25H28N4O3/c1-15(2)29-21-10-4-3-8-20(21)26-23(29)16-7-6-12-28(14-16)25(32)18-13-17-19(27-24(18)31)9-5-11-22(17)30/h3-4,8,10,13,15-16H,5-7,9,11-12,14H2,1-2H3,(H,27,31). The van der Waals surface area contributed by atoms with Crippen molar-refractivity contribution in [1.82, 2.24) is 19.4 Å². The minimum atomic E-state index is -0.403. The Bertz CT molecular complexity index is 1270. The van der Waals surface area contributed by atoms with E-state index in [1.807, 2.05) is 18.2 Å². The molecule has 1 atom stereocenters. The van der Waals surface area contributed by atoms with Crippen molar-refractivity contribution in [2.24, 2.45) is 0 Å². The predicted octanol–water partition coefficient (Wildman–Crippen LogP) is 3.84. The Hall–Kier alpha value is -3.22. The highest BCUT2D eigenvalue weighted by Gasteiger charge is 2.31. The van der Waals surface area contributed by atoms with E-state index in [2.05, 4.69) is 29.5 Å². The van der Waals surface area contributed by atoms with E-state index in [0.29, 0.717) is 37.2 Å². The van der Waals surface area contributed by atoms with Gasteiger partial charge in [-0.3, -0.25) is 14.4 Å². The summed E-state index contributed by atoms with van der Waals surface area (Å²) in [5, 5.41) is 0. The second kappa shape index (κ2) is 8.04. The van der Waals surface area contributed by atoms with Gasteiger partial charge in [-0.15, -0.1) is 0 Å². The largest absolute Gasteiger partial charge is 0.338 e. The lowest BCUT2D eigenvalue weighted by Crippen LogP contribution is -2.42. The number of carbonyl (C=O) groups is 2. The molecule has 0 bridgehead atoms. The number of aromatic amines is 1. The Kier molecular flexibility index (Phi) is 5.19. The summed E-state index contributed by atoms with van der Waals surface area (Å²) in [7, 11) is 0. The number of amides is 1. The molecule has 2 aromatic heterocycles. The average molecular weight is 433 g/mol. The number of Topliss-reactive ketones (excluding diaryl/α,β-unsaturated/α-hetero) is 1. The van der Waals surface area contributed by atoms with Gasteiger partial charge in [0.2, 0.25) is 0 Å². The number of imidazole rings is 1. The molecule has 1 unspecified atom stereocenters. The van der Waals surface area contributed by atoms with Gasteiger partial charge in [0, 0.05) is 42.7 Å². The van der Waals surface area contributed by atoms with Crippen LogP contribution in [-0.4, -0.2) is 44.2 Å². The molecule has 1 N–H and O–H groups in total. The lowest BCUT2D eigenvalue weighted by molar-refractivity contribution is 0.0701. The van der Waals surface area contributed by atoms with Crippen LogP contribution in [0.25, 0.3) is 11.0 Å². The third-order valence-corrected chi connectivity index (χ3v) is 6.70. The van der Waals surface area contributed by atoms with Gasteiger partial charge in [0.15, 0.2) is 5.78 Å². The molecule has 1 amide bonds. The number of piperidine rings is 1. The number of hydrogen-bond donors (Lipinski definition) is 1. The molecule has 0 spiro atoms. The molecule has 1 saturated heterocycles. The molecule has 1 fully saturated rings. The number of pyridine rings is 1. The molecule has 5 rings (SSSR count). The number of fused-ring (bicyclic) bond motifs is 2. The zero-order chi connectivity index (χ0) is 22.4. The summed E-state index contributed by atoms with van der Waals surface area (Å²) in [6.45, 7) is 5.40. The fourth-order valence-corrected chi connectivity index (χ4v) is 5.17. The molecular weight excluding hydrogens is 404 g/mol. The van der Waals surface area contributed by atoms with E-state index < -0.39 is 5.56 Å². The second-order valence-corrected chi connectivity index (χ2v) is 9.19. The van der Waals surface area contributed by atoms with Crippen LogP contribution in [-0.2, 0) is 6.42 Å². The van der Waals surface area contributed by atoms with Crippen molar-refractivity contribution in [3.63, 3.8) is 0 Å². The van der Waals surface area contributed by atoms with E-state index >= 15 is 0 Å². The normalized spacial score (nSPS) is 18.9. The maximum absolute atomic E-state index is 13.3. The first-order valence-corrected chi connectivity index (χ1v) is 11.5. The number of nitrogens with one attached hydrogen (secondary N) is 1. The fraction of sp³-hybridized carbons (Fsp3) is 0.440. The first-order chi connectivity index (χ1) is 15.4. The molecule has 7 heteroatoms. The number of aromatic nitrogens is 3. The lowest BCUT2D eigenvalue weighted by Gasteiger charge is -2.33. The number of carbonyl (C=O) groups excluding carboxylic acids is 2. The van der Waals surface area contributed by atoms with Gasteiger partial charge in [0.25, 0.3) is 11.5 Å². The zero-order valence-corrected chi connectivity index (χ0v) is 18.6. The maximum Gasteiger partial charge on any atom is 0.261 e. The maximum atomic E-state index is 13.3. The van der Waals surface area contributed by atoms with E-state index in [0.717, 1.165) is 36.1 Å². The molecule has 32 heavy (non-hydrogen) atoms. The van der Waals surface area contributed by atoms with Gasteiger partial charge < -0.3 is 14.5 Å². The average Bonchev–Trinajstić information content (AvgIpc) is 3.18. The van der Waals surface area contributed by atoms with Gasteiger partial charge in [0.1, 0.15) is 11.4 Å². The van der Waals surface area contributed by atoms with Crippen LogP contribution in [0, 0.1) is 0 Å². The molecule has 3 aromatic rings. The highest BCUT2D eigenvalue weighted by atomic mass is 16.2. The van der Waals surface area contributed by atoms with Gasteiger partial charge in [-0.2, -0.15) is 0 Å². The quantitative estimate of drug-likeness (QED) is 0.681. The number of aryl methyl sites for hydroxylation is 1. The summed E-state index contributed by atoms with van der Waals surface area (Å²) >= 11 is 0. The Labute approximate surface area is 186 Å². The Morgan fingerprint density at radius 2 is 1.97 bits per heavy atom. The molecule has 1 aromatic carbocycles. The predicted molar refractivity (Wildman–Crippen MR) is 122 cm³/mol. The molecule has 166 valence electrons. The minimum absolute atomic E-state index is 0.00118. The Morgan fingerprint density at radius 1 is 1.16 bits per heavy atom. The minimum Gasteiger partial charge on any atom is -0.338 e. The molecule has 1 aliphatic carbocycles. The van der Waals surface area contributed by atoms with Crippen molar-refractivity contribution in [1.29, 1.82) is 0 Å². The highest BCUT2D eigenvalue weighted by Crippen LogP contribution is 2.32. The van der Waals surface area contributed by atoms with Crippen molar-refractivity contribution < 1.29 is 9.59 Å². The molecular formula is C25H28N4O3. The van der Waals surface area contributed by atoms with Crippen molar-refractivity contribution in [3.05, 3.63) is 63.3 Å². The third-order valence-electron chi connectivity index (χ3n) is 6.70. The summed E-state index contributed by atoms with van der Waals surface area (Å²) in [5.41, 5.74) is 2.88. The van der Waals surface area contributed by atoms with Gasteiger partial charge in [-0.05, 0) is 57.7 Å². The van der Waals surface area contributed by atoms with Crippen molar-refractivity contribution in [2.75, 3.05) is 13.1 Å². The molecule has 3 heterocycles. The molecule has 0 saturated carbocycles. The number of hydrogen-bond acceptors (Lipinski definition) is 4. The number of ketones is 1. The summed E-state index contributed by atoms with van der Waals surface area (Å²) in [4.78, 5) is 47.8. The topological polar surface area (TPSA) is 88.1 Å². The van der Waals surface area contributed by atoms with Gasteiger partial charge in [0.05, 0.1) is 11.0 Å². The van der Waals surface area contributed by atoms with Crippen LogP contribution in [0.2, 0.25) is 0 Å². The molecule has 0 radical (unpaired) electrons. The van der Waals surface area contributed by atoms with Crippen molar-refractivity contribution in [3.8, 4) is 0 Å². The van der Waals surface area contributed by atoms with Crippen LogP contribution >= 0.6 is 0 Å². The monoisotopic (exact) mass is 432 g/mol. The SMILES string of the molecule is CC(C)n1c(C2CCCN(C(=O)c3cc4c([nH]c3=O)CCCC4=O)C2)nc2ccccc21. The lowest BCUT2D eigenvalue weighted by atomic mass is 9.93. The first-order valence-electron chi connectivity index (χ1n) is 11.5. The van der Waals surface area contributed by atoms with Crippen LogP contribution in [0.4, 0.5) is 0 Å². The number of nitrogens with zero attached hydrogens (tertiary/aromatic N) is 3. The summed E-state index contributed by atoms with van der Waals surface area (Å²) in [6, 6.07) is 9.88. The number of para-hydroxylation sites is 2. The van der Waals surface area contributed by atoms with E-state index in [1.165, 1.54) is 6.07 Å². The highest BCUT2D eigenvalue weighted by molar-refractivity contribution is 6.01. The van der Waals surface area contributed by atoms with Crippen molar-refractivity contribution in [2.45, 2.75) is 57.9 Å². The van der Waals surface area contributed by atoms with Crippen LogP contribution in [0.15, 0.2) is 35.1 Å². The van der Waals surface area contributed by atoms with E-state index in [9.17, 15) is 14.4 Å². The van der Waals surface area contributed by atoms with E-state index in [-0.39, 0.29) is 29.2 Å². The number of H-pyrrole nitrogens is 1. The third kappa shape index (κ3) is 3.45. The zero-order valence-electron chi connectivity index (χ0n) is 18.6. The van der Waals surface area contributed by atoms with E-state index in [1.54, 1.807) is 4.90 Å². The molecule has 1 aliphatic heterocycles. The first kappa shape index (κ1) is 20.7. The number of benzene rings is 1. The molecule has 7 nitrogen and oxygen atoms in total. The van der Waals surface area contributed by atoms with Crippen LogP contribution < -0.4 is 5.56 Å².